The van der Waals surface area contributed by atoms with Gasteiger partial charge in [-0.2, -0.15) is 16.7 Å². The Morgan fingerprint density at radius 3 is 2.95 bits per heavy atom. The molecular weight excluding hydrogens is 294 g/mol. The molecule has 0 amide bonds. The maximum absolute atomic E-state index is 5.57. The molecule has 2 fully saturated rings. The molecule has 5 nitrogen and oxygen atoms in total. The van der Waals surface area contributed by atoms with E-state index in [9.17, 15) is 0 Å². The van der Waals surface area contributed by atoms with E-state index in [2.05, 4.69) is 22.4 Å². The highest BCUT2D eigenvalue weighted by molar-refractivity contribution is 8.06. The number of nitrogens with zero attached hydrogens (tertiary/aromatic N) is 2. The van der Waals surface area contributed by atoms with E-state index < -0.39 is 0 Å². The summed E-state index contributed by atoms with van der Waals surface area (Å²) in [5.41, 5.74) is 0. The number of hydrogen-bond acceptors (Lipinski definition) is 7. The Labute approximate surface area is 128 Å². The first-order valence-corrected chi connectivity index (χ1v) is 9.21. The number of thioether (sulfide) groups is 2. The van der Waals surface area contributed by atoms with Crippen molar-refractivity contribution in [2.24, 2.45) is 0 Å². The van der Waals surface area contributed by atoms with Gasteiger partial charge >= 0.3 is 0 Å². The lowest BCUT2D eigenvalue weighted by molar-refractivity contribution is 0.0516. The van der Waals surface area contributed by atoms with Crippen LogP contribution in [0.2, 0.25) is 0 Å². The van der Waals surface area contributed by atoms with Gasteiger partial charge < -0.3 is 14.6 Å². The summed E-state index contributed by atoms with van der Waals surface area (Å²) >= 11 is 3.93. The number of hydrogen-bond donors (Lipinski definition) is 1. The summed E-state index contributed by atoms with van der Waals surface area (Å²) in [5, 5.41) is 8.46. The van der Waals surface area contributed by atoms with Crippen LogP contribution < -0.4 is 5.32 Å². The van der Waals surface area contributed by atoms with Crippen molar-refractivity contribution in [2.75, 3.05) is 31.8 Å². The largest absolute Gasteiger partial charge is 0.381 e. The number of likely N-dealkylation sites (N-methyl/N-ethyl adjacent to an activating group) is 1. The van der Waals surface area contributed by atoms with E-state index in [1.165, 1.54) is 5.75 Å². The molecule has 2 saturated heterocycles. The summed E-state index contributed by atoms with van der Waals surface area (Å²) in [7, 11) is 1.98. The minimum Gasteiger partial charge on any atom is -0.381 e. The predicted octanol–water partition coefficient (Wildman–Crippen LogP) is 2.07. The van der Waals surface area contributed by atoms with Gasteiger partial charge in [0.2, 0.25) is 5.89 Å². The average Bonchev–Trinajstić information content (AvgIpc) is 2.97. The Kier molecular flexibility index (Phi) is 4.91. The van der Waals surface area contributed by atoms with Crippen molar-refractivity contribution < 1.29 is 9.26 Å². The van der Waals surface area contributed by atoms with E-state index in [0.717, 1.165) is 30.5 Å². The number of ether oxygens (including phenoxy) is 1. The average molecular weight is 315 g/mol. The number of nitrogens with one attached hydrogen (secondary N) is 1. The fourth-order valence-corrected chi connectivity index (χ4v) is 5.44. The fourth-order valence-electron chi connectivity index (χ4n) is 2.76. The first-order chi connectivity index (χ1) is 9.79. The molecule has 3 heterocycles. The molecule has 112 valence electrons. The van der Waals surface area contributed by atoms with Crippen molar-refractivity contribution in [3.8, 4) is 0 Å². The Hall–Kier alpha value is -0.240. The van der Waals surface area contributed by atoms with Crippen LogP contribution in [0.5, 0.6) is 0 Å². The Bertz CT molecular complexity index is 443. The van der Waals surface area contributed by atoms with E-state index in [1.54, 1.807) is 0 Å². The summed E-state index contributed by atoms with van der Waals surface area (Å²) in [5.74, 6) is 4.12. The second-order valence-electron chi connectivity index (χ2n) is 5.22. The van der Waals surface area contributed by atoms with Crippen molar-refractivity contribution in [1.82, 2.24) is 15.5 Å². The van der Waals surface area contributed by atoms with Gasteiger partial charge in [0.25, 0.3) is 0 Å². The minimum atomic E-state index is 0.173. The molecule has 20 heavy (non-hydrogen) atoms. The molecule has 2 aliphatic heterocycles. The van der Waals surface area contributed by atoms with Crippen molar-refractivity contribution in [3.05, 3.63) is 11.7 Å². The predicted molar refractivity (Wildman–Crippen MR) is 82.4 cm³/mol. The van der Waals surface area contributed by atoms with Gasteiger partial charge in [0.15, 0.2) is 5.82 Å². The molecule has 0 bridgehead atoms. The molecule has 2 aliphatic rings. The van der Waals surface area contributed by atoms with E-state index in [0.29, 0.717) is 23.1 Å². The lowest BCUT2D eigenvalue weighted by atomic mass is 9.96. The quantitative estimate of drug-likeness (QED) is 0.916. The van der Waals surface area contributed by atoms with Gasteiger partial charge in [-0.15, -0.1) is 11.8 Å². The standard InChI is InChI=1S/C13H21N3O2S2/c1-8-11(20-6-5-19-8)12-15-13(18-16-12)9-7-17-4-3-10(9)14-2/h8-11,14H,3-7H2,1-2H3. The second kappa shape index (κ2) is 6.68. The maximum Gasteiger partial charge on any atom is 0.233 e. The van der Waals surface area contributed by atoms with Gasteiger partial charge in [0, 0.05) is 29.4 Å². The summed E-state index contributed by atoms with van der Waals surface area (Å²) in [6.07, 6.45) is 0.989. The maximum atomic E-state index is 5.57. The van der Waals surface area contributed by atoms with Crippen LogP contribution in [0.1, 0.15) is 36.2 Å². The van der Waals surface area contributed by atoms with E-state index in [4.69, 9.17) is 9.26 Å². The van der Waals surface area contributed by atoms with Gasteiger partial charge in [-0.05, 0) is 13.5 Å². The molecule has 1 aromatic heterocycles. The molecule has 3 rings (SSSR count). The molecule has 0 aliphatic carbocycles. The molecule has 0 saturated carbocycles. The molecule has 0 spiro atoms. The van der Waals surface area contributed by atoms with Gasteiger partial charge in [0.1, 0.15) is 0 Å². The van der Waals surface area contributed by atoms with E-state index >= 15 is 0 Å². The number of aromatic nitrogens is 2. The molecule has 0 aromatic carbocycles. The molecule has 1 N–H and O–H groups in total. The summed E-state index contributed by atoms with van der Waals surface area (Å²) in [6.45, 7) is 3.71. The zero-order valence-electron chi connectivity index (χ0n) is 11.9. The zero-order valence-corrected chi connectivity index (χ0v) is 13.5. The third-order valence-corrected chi connectivity index (χ3v) is 7.03. The van der Waals surface area contributed by atoms with Crippen LogP contribution in [0, 0.1) is 0 Å². The highest BCUT2D eigenvalue weighted by Crippen LogP contribution is 2.41. The third-order valence-electron chi connectivity index (χ3n) is 3.94. The summed E-state index contributed by atoms with van der Waals surface area (Å²) in [4.78, 5) is 4.67. The number of rotatable bonds is 3. The Morgan fingerprint density at radius 1 is 1.30 bits per heavy atom. The molecule has 0 radical (unpaired) electrons. The van der Waals surface area contributed by atoms with Crippen LogP contribution in [-0.2, 0) is 4.74 Å². The highest BCUT2D eigenvalue weighted by atomic mass is 32.2. The smallest absolute Gasteiger partial charge is 0.233 e. The normalized spacial score (nSPS) is 35.1. The van der Waals surface area contributed by atoms with E-state index in [-0.39, 0.29) is 5.92 Å². The van der Waals surface area contributed by atoms with Crippen LogP contribution >= 0.6 is 23.5 Å². The third kappa shape index (κ3) is 3.00. The monoisotopic (exact) mass is 315 g/mol. The molecule has 1 aromatic rings. The molecule has 4 atom stereocenters. The first-order valence-electron chi connectivity index (χ1n) is 7.11. The molecular formula is C13H21N3O2S2. The van der Waals surface area contributed by atoms with Crippen molar-refractivity contribution >= 4 is 23.5 Å². The van der Waals surface area contributed by atoms with E-state index in [1.807, 2.05) is 30.6 Å². The van der Waals surface area contributed by atoms with Crippen molar-refractivity contribution in [1.29, 1.82) is 0 Å². The summed E-state index contributed by atoms with van der Waals surface area (Å²) in [6, 6.07) is 0.364. The van der Waals surface area contributed by atoms with Crippen molar-refractivity contribution in [3.63, 3.8) is 0 Å². The lowest BCUT2D eigenvalue weighted by Crippen LogP contribution is -2.39. The van der Waals surface area contributed by atoms with Gasteiger partial charge in [-0.25, -0.2) is 0 Å². The zero-order chi connectivity index (χ0) is 13.9. The topological polar surface area (TPSA) is 60.2 Å². The molecule has 7 heteroatoms. The Morgan fingerprint density at radius 2 is 2.15 bits per heavy atom. The SMILES string of the molecule is CNC1CCOCC1c1nc(C2SCCSC2C)no1. The minimum absolute atomic E-state index is 0.173. The van der Waals surface area contributed by atoms with Crippen LogP contribution in [0.15, 0.2) is 4.52 Å². The lowest BCUT2D eigenvalue weighted by Gasteiger charge is -2.28. The Balaban J connectivity index is 1.75. The van der Waals surface area contributed by atoms with Crippen LogP contribution in [0.25, 0.3) is 0 Å². The highest BCUT2D eigenvalue weighted by Gasteiger charge is 2.33. The fraction of sp³-hybridized carbons (Fsp3) is 0.846. The first kappa shape index (κ1) is 14.7. The molecule has 4 unspecified atom stereocenters. The second-order valence-corrected chi connectivity index (χ2v) is 7.96. The van der Waals surface area contributed by atoms with Crippen molar-refractivity contribution in [2.45, 2.75) is 35.8 Å². The van der Waals surface area contributed by atoms with Crippen LogP contribution in [0.4, 0.5) is 0 Å². The van der Waals surface area contributed by atoms with Gasteiger partial charge in [-0.3, -0.25) is 0 Å². The summed E-state index contributed by atoms with van der Waals surface area (Å²) < 4.78 is 11.1. The van der Waals surface area contributed by atoms with Crippen LogP contribution in [0.3, 0.4) is 0 Å². The van der Waals surface area contributed by atoms with Gasteiger partial charge in [0.05, 0.1) is 17.8 Å². The van der Waals surface area contributed by atoms with Gasteiger partial charge in [-0.1, -0.05) is 12.1 Å². The van der Waals surface area contributed by atoms with Crippen LogP contribution in [-0.4, -0.2) is 53.2 Å².